The highest BCUT2D eigenvalue weighted by molar-refractivity contribution is 9.10. The van der Waals surface area contributed by atoms with Crippen molar-refractivity contribution in [3.63, 3.8) is 0 Å². The van der Waals surface area contributed by atoms with Crippen molar-refractivity contribution in [3.8, 4) is 0 Å². The molecule has 0 atom stereocenters. The number of nitrogens with zero attached hydrogens (tertiary/aromatic N) is 2. The highest BCUT2D eigenvalue weighted by atomic mass is 79.9. The van der Waals surface area contributed by atoms with Crippen LogP contribution in [0.2, 0.25) is 0 Å². The van der Waals surface area contributed by atoms with E-state index in [1.54, 1.807) is 13.0 Å². The van der Waals surface area contributed by atoms with Crippen LogP contribution in [0.3, 0.4) is 0 Å². The van der Waals surface area contributed by atoms with Gasteiger partial charge in [-0.05, 0) is 22.9 Å². The Kier molecular flexibility index (Phi) is 4.99. The third-order valence-corrected chi connectivity index (χ3v) is 2.89. The van der Waals surface area contributed by atoms with E-state index in [1.165, 1.54) is 17.9 Å². The van der Waals surface area contributed by atoms with E-state index in [0.29, 0.717) is 5.57 Å². The number of halogens is 1. The maximum absolute atomic E-state index is 11.5. The first-order valence-electron chi connectivity index (χ1n) is 5.16. The Labute approximate surface area is 116 Å². The first-order valence-corrected chi connectivity index (χ1v) is 5.95. The van der Waals surface area contributed by atoms with Crippen LogP contribution in [-0.2, 0) is 16.1 Å². The fraction of sp³-hybridized carbons (Fsp3) is 0.273. The number of methoxy groups -OCH3 is 1. The molecule has 0 aliphatic carbocycles. The number of allylic oxidation sites excluding steroid dienone is 1. The fourth-order valence-electron chi connectivity index (χ4n) is 1.30. The van der Waals surface area contributed by atoms with Crippen LogP contribution in [0.1, 0.15) is 6.92 Å². The number of ether oxygens (including phenoxy) is 1. The molecule has 8 heteroatoms. The van der Waals surface area contributed by atoms with E-state index in [2.05, 4.69) is 20.7 Å². The number of carbonyl (C=O) groups is 1. The second kappa shape index (κ2) is 6.28. The van der Waals surface area contributed by atoms with Crippen molar-refractivity contribution >= 4 is 27.6 Å². The van der Waals surface area contributed by atoms with Crippen LogP contribution >= 0.6 is 15.9 Å². The molecule has 0 amide bonds. The minimum Gasteiger partial charge on any atom is -0.466 e. The standard InChI is InChI=1S/C11H11BrN2O5/c1-7(11(16)19-2)3-4-13-5-8(12)10(15)9(6-13)14(17)18/h3,5-6H,4H2,1-2H3/b7-3+. The summed E-state index contributed by atoms with van der Waals surface area (Å²) in [6.45, 7) is 1.78. The first-order chi connectivity index (χ1) is 8.86. The minimum atomic E-state index is -0.750. The van der Waals surface area contributed by atoms with Crippen molar-refractivity contribution in [3.05, 3.63) is 48.9 Å². The molecule has 0 saturated carbocycles. The Morgan fingerprint density at radius 2 is 2.21 bits per heavy atom. The van der Waals surface area contributed by atoms with Gasteiger partial charge in [-0.3, -0.25) is 14.9 Å². The normalized spacial score (nSPS) is 11.2. The minimum absolute atomic E-state index is 0.0887. The number of rotatable bonds is 4. The molecule has 0 aliphatic rings. The van der Waals surface area contributed by atoms with E-state index in [0.717, 1.165) is 6.20 Å². The summed E-state index contributed by atoms with van der Waals surface area (Å²) in [6, 6.07) is 0. The van der Waals surface area contributed by atoms with Crippen LogP contribution in [0.15, 0.2) is 33.3 Å². The average Bonchev–Trinajstić information content (AvgIpc) is 2.38. The smallest absolute Gasteiger partial charge is 0.333 e. The van der Waals surface area contributed by atoms with Crippen molar-refractivity contribution in [1.29, 1.82) is 0 Å². The lowest BCUT2D eigenvalue weighted by Crippen LogP contribution is -2.13. The lowest BCUT2D eigenvalue weighted by atomic mass is 10.3. The molecule has 1 aromatic heterocycles. The second-order valence-corrected chi connectivity index (χ2v) is 4.51. The molecule has 7 nitrogen and oxygen atoms in total. The topological polar surface area (TPSA) is 91.4 Å². The molecule has 0 fully saturated rings. The van der Waals surface area contributed by atoms with Crippen molar-refractivity contribution in [1.82, 2.24) is 4.57 Å². The quantitative estimate of drug-likeness (QED) is 0.362. The summed E-state index contributed by atoms with van der Waals surface area (Å²) < 4.78 is 6.04. The van der Waals surface area contributed by atoms with E-state index >= 15 is 0 Å². The number of aromatic nitrogens is 1. The van der Waals surface area contributed by atoms with Crippen molar-refractivity contribution < 1.29 is 14.5 Å². The van der Waals surface area contributed by atoms with Gasteiger partial charge in [0, 0.05) is 18.3 Å². The molecule has 19 heavy (non-hydrogen) atoms. The lowest BCUT2D eigenvalue weighted by Gasteiger charge is -2.04. The largest absolute Gasteiger partial charge is 0.466 e. The van der Waals surface area contributed by atoms with Gasteiger partial charge in [0.2, 0.25) is 0 Å². The molecule has 0 spiro atoms. The first kappa shape index (κ1) is 15.1. The Morgan fingerprint density at radius 3 is 2.74 bits per heavy atom. The van der Waals surface area contributed by atoms with Crippen LogP contribution in [0, 0.1) is 10.1 Å². The predicted octanol–water partition coefficient (Wildman–Crippen LogP) is 1.64. The lowest BCUT2D eigenvalue weighted by molar-refractivity contribution is -0.386. The second-order valence-electron chi connectivity index (χ2n) is 3.65. The highest BCUT2D eigenvalue weighted by Gasteiger charge is 2.15. The summed E-state index contributed by atoms with van der Waals surface area (Å²) in [7, 11) is 1.26. The van der Waals surface area contributed by atoms with Crippen molar-refractivity contribution in [2.45, 2.75) is 13.5 Å². The number of hydrogen-bond acceptors (Lipinski definition) is 5. The maximum atomic E-state index is 11.5. The third kappa shape index (κ3) is 3.75. The molecule has 0 aromatic carbocycles. The Balaban J connectivity index is 3.07. The van der Waals surface area contributed by atoms with Crippen molar-refractivity contribution in [2.24, 2.45) is 0 Å². The molecule has 102 valence electrons. The zero-order valence-electron chi connectivity index (χ0n) is 10.3. The Bertz CT molecular complexity index is 606. The summed E-state index contributed by atoms with van der Waals surface area (Å²) in [5.74, 6) is -0.477. The van der Waals surface area contributed by atoms with E-state index in [1.807, 2.05) is 0 Å². The monoisotopic (exact) mass is 330 g/mol. The fourth-order valence-corrected chi connectivity index (χ4v) is 1.77. The van der Waals surface area contributed by atoms with Crippen LogP contribution in [-0.4, -0.2) is 22.6 Å². The molecule has 0 saturated heterocycles. The van der Waals surface area contributed by atoms with Gasteiger partial charge in [-0.1, -0.05) is 6.08 Å². The van der Waals surface area contributed by atoms with E-state index < -0.39 is 22.0 Å². The SMILES string of the molecule is COC(=O)/C(C)=C/Cn1cc(Br)c(=O)c([N+](=O)[O-])c1. The molecular weight excluding hydrogens is 320 g/mol. The number of pyridine rings is 1. The van der Waals surface area contributed by atoms with Gasteiger partial charge < -0.3 is 9.30 Å². The summed E-state index contributed by atoms with van der Waals surface area (Å²) in [5.41, 5.74) is -0.839. The zero-order valence-corrected chi connectivity index (χ0v) is 11.8. The molecule has 0 unspecified atom stereocenters. The average molecular weight is 331 g/mol. The summed E-state index contributed by atoms with van der Waals surface area (Å²) >= 11 is 2.96. The van der Waals surface area contributed by atoms with Gasteiger partial charge in [0.25, 0.3) is 5.43 Å². The molecule has 0 bridgehead atoms. The van der Waals surface area contributed by atoms with Gasteiger partial charge in [-0.25, -0.2) is 4.79 Å². The Morgan fingerprint density at radius 1 is 1.58 bits per heavy atom. The number of carbonyl (C=O) groups excluding carboxylic acids is 1. The number of nitro groups is 1. The Hall–Kier alpha value is -1.96. The van der Waals surface area contributed by atoms with Gasteiger partial charge in [-0.2, -0.15) is 0 Å². The number of esters is 1. The molecule has 1 aromatic rings. The maximum Gasteiger partial charge on any atom is 0.333 e. The molecule has 0 radical (unpaired) electrons. The summed E-state index contributed by atoms with van der Waals surface area (Å²) in [4.78, 5) is 32.6. The molecular formula is C11H11BrN2O5. The van der Waals surface area contributed by atoms with Crippen LogP contribution in [0.4, 0.5) is 5.69 Å². The van der Waals surface area contributed by atoms with E-state index in [9.17, 15) is 19.7 Å². The van der Waals surface area contributed by atoms with Gasteiger partial charge >= 0.3 is 11.7 Å². The van der Waals surface area contributed by atoms with Gasteiger partial charge in [0.15, 0.2) is 0 Å². The molecule has 0 aliphatic heterocycles. The van der Waals surface area contributed by atoms with Crippen LogP contribution in [0.5, 0.6) is 0 Å². The van der Waals surface area contributed by atoms with Gasteiger partial charge in [0.1, 0.15) is 0 Å². The highest BCUT2D eigenvalue weighted by Crippen LogP contribution is 2.11. The zero-order chi connectivity index (χ0) is 14.6. The summed E-state index contributed by atoms with van der Waals surface area (Å²) in [5, 5.41) is 10.7. The van der Waals surface area contributed by atoms with Gasteiger partial charge in [-0.15, -0.1) is 0 Å². The van der Waals surface area contributed by atoms with Gasteiger partial charge in [0.05, 0.1) is 22.7 Å². The number of hydrogen-bond donors (Lipinski definition) is 0. The van der Waals surface area contributed by atoms with Crippen molar-refractivity contribution in [2.75, 3.05) is 7.11 Å². The molecule has 0 N–H and O–H groups in total. The van der Waals surface area contributed by atoms with Crippen LogP contribution in [0.25, 0.3) is 0 Å². The van der Waals surface area contributed by atoms with Crippen LogP contribution < -0.4 is 5.43 Å². The van der Waals surface area contributed by atoms with E-state index in [4.69, 9.17) is 0 Å². The molecule has 1 heterocycles. The summed E-state index contributed by atoms with van der Waals surface area (Å²) in [6.07, 6.45) is 4.08. The van der Waals surface area contributed by atoms with E-state index in [-0.39, 0.29) is 11.0 Å². The predicted molar refractivity (Wildman–Crippen MR) is 70.8 cm³/mol. The third-order valence-electron chi connectivity index (χ3n) is 2.33. The molecule has 1 rings (SSSR count).